The Kier molecular flexibility index (Phi) is 2.98. The molecule has 62 valence electrons. The number of carbonyl (C=O) groups is 1. The van der Waals surface area contributed by atoms with Crippen LogP contribution in [0, 0.1) is 0 Å². The molecule has 0 N–H and O–H groups in total. The first-order valence-electron chi connectivity index (χ1n) is 3.67. The maximum atomic E-state index is 11.1. The average Bonchev–Trinajstić information content (AvgIpc) is 2.08. The minimum Gasteiger partial charge on any atom is -0.362 e. The van der Waals surface area contributed by atoms with E-state index in [2.05, 4.69) is 0 Å². The number of ketones is 1. The topological polar surface area (TPSA) is 20.3 Å². The van der Waals surface area contributed by atoms with Gasteiger partial charge in [0.05, 0.1) is 7.85 Å². The fraction of sp³-hybridized carbons (Fsp3) is 0.375. The molecule has 1 heterocycles. The molecule has 2 radical (unpaired) electrons. The van der Waals surface area contributed by atoms with Crippen molar-refractivity contribution in [3.63, 3.8) is 0 Å². The van der Waals surface area contributed by atoms with Gasteiger partial charge in [0.25, 0.3) is 0 Å². The second-order valence-corrected chi connectivity index (χ2v) is 3.02. The number of nitrogens with zero attached hydrogens (tertiary/aromatic N) is 1. The van der Waals surface area contributed by atoms with E-state index in [0.29, 0.717) is 17.3 Å². The van der Waals surface area contributed by atoms with E-state index in [9.17, 15) is 4.79 Å². The average molecular weight is 181 g/mol. The van der Waals surface area contributed by atoms with E-state index in [-0.39, 0.29) is 12.1 Å². The summed E-state index contributed by atoms with van der Waals surface area (Å²) in [7, 11) is 7.07. The molecule has 0 fully saturated rings. The number of halogens is 1. The van der Waals surface area contributed by atoms with Crippen LogP contribution in [0.3, 0.4) is 0 Å². The van der Waals surface area contributed by atoms with E-state index >= 15 is 0 Å². The highest BCUT2D eigenvalue weighted by atomic mass is 35.5. The molecule has 0 saturated carbocycles. The van der Waals surface area contributed by atoms with Crippen LogP contribution in [-0.2, 0) is 4.79 Å². The van der Waals surface area contributed by atoms with Crippen molar-refractivity contribution in [3.05, 3.63) is 22.9 Å². The zero-order valence-electron chi connectivity index (χ0n) is 6.88. The highest BCUT2D eigenvalue weighted by molar-refractivity contribution is 6.30. The van der Waals surface area contributed by atoms with E-state index < -0.39 is 0 Å². The fourth-order valence-corrected chi connectivity index (χ4v) is 1.12. The molecule has 0 amide bonds. The SMILES string of the molecule is [B]CC(=O)C1=CCN(C)C(Cl)=C1. The fourth-order valence-electron chi connectivity index (χ4n) is 0.932. The zero-order valence-corrected chi connectivity index (χ0v) is 7.64. The van der Waals surface area contributed by atoms with E-state index in [1.54, 1.807) is 6.08 Å². The first-order valence-corrected chi connectivity index (χ1v) is 4.04. The number of carbonyl (C=O) groups excluding carboxylic acids is 1. The standard InChI is InChI=1S/C8H9BClNO/c1-11-3-2-6(4-8(11)10)7(12)5-9/h2,4H,3,5H2,1H3. The Morgan fingerprint density at radius 3 is 3.00 bits per heavy atom. The molecule has 0 aromatic heterocycles. The minimum atomic E-state index is -0.0683. The minimum absolute atomic E-state index is 0.0379. The van der Waals surface area contributed by atoms with Crippen molar-refractivity contribution in [3.8, 4) is 0 Å². The maximum Gasteiger partial charge on any atom is 0.154 e. The van der Waals surface area contributed by atoms with Crippen LogP contribution in [0.2, 0.25) is 6.32 Å². The van der Waals surface area contributed by atoms with Gasteiger partial charge in [-0.15, -0.1) is 0 Å². The molecule has 0 unspecified atom stereocenters. The van der Waals surface area contributed by atoms with Crippen LogP contribution in [0.5, 0.6) is 0 Å². The molecule has 0 aromatic rings. The van der Waals surface area contributed by atoms with Gasteiger partial charge in [0.2, 0.25) is 0 Å². The molecular weight excluding hydrogens is 172 g/mol. The first-order chi connectivity index (χ1) is 5.65. The lowest BCUT2D eigenvalue weighted by molar-refractivity contribution is -0.113. The molecule has 0 saturated heterocycles. The van der Waals surface area contributed by atoms with Gasteiger partial charge in [-0.2, -0.15) is 0 Å². The van der Waals surface area contributed by atoms with Crippen LogP contribution in [0.1, 0.15) is 0 Å². The van der Waals surface area contributed by atoms with Gasteiger partial charge in [-0.3, -0.25) is 4.79 Å². The molecule has 12 heavy (non-hydrogen) atoms. The van der Waals surface area contributed by atoms with Gasteiger partial charge < -0.3 is 4.90 Å². The van der Waals surface area contributed by atoms with Gasteiger partial charge >= 0.3 is 0 Å². The number of likely N-dealkylation sites (N-methyl/N-ethyl adjacent to an activating group) is 1. The molecule has 0 aliphatic carbocycles. The zero-order chi connectivity index (χ0) is 9.14. The number of hydrogen-bond acceptors (Lipinski definition) is 2. The predicted molar refractivity (Wildman–Crippen MR) is 50.2 cm³/mol. The molecule has 0 aromatic carbocycles. The van der Waals surface area contributed by atoms with E-state index in [4.69, 9.17) is 19.4 Å². The maximum absolute atomic E-state index is 11.1. The Morgan fingerprint density at radius 2 is 2.50 bits per heavy atom. The second-order valence-electron chi connectivity index (χ2n) is 2.63. The lowest BCUT2D eigenvalue weighted by Crippen LogP contribution is -2.19. The van der Waals surface area contributed by atoms with Crippen molar-refractivity contribution in [2.75, 3.05) is 13.6 Å². The predicted octanol–water partition coefficient (Wildman–Crippen LogP) is 1.09. The Hall–Kier alpha value is -0.695. The summed E-state index contributed by atoms with van der Waals surface area (Å²) in [5.41, 5.74) is 0.612. The third-order valence-corrected chi connectivity index (χ3v) is 2.13. The lowest BCUT2D eigenvalue weighted by Gasteiger charge is -2.20. The largest absolute Gasteiger partial charge is 0.362 e. The van der Waals surface area contributed by atoms with Gasteiger partial charge in [-0.05, 0) is 12.4 Å². The second kappa shape index (κ2) is 3.81. The van der Waals surface area contributed by atoms with Crippen LogP contribution in [-0.4, -0.2) is 32.1 Å². The van der Waals surface area contributed by atoms with Crippen molar-refractivity contribution in [2.24, 2.45) is 0 Å². The number of hydrogen-bond donors (Lipinski definition) is 0. The number of allylic oxidation sites excluding steroid dienone is 2. The third-order valence-electron chi connectivity index (χ3n) is 1.73. The molecule has 1 rings (SSSR count). The smallest absolute Gasteiger partial charge is 0.154 e. The Morgan fingerprint density at radius 1 is 1.83 bits per heavy atom. The molecule has 0 atom stereocenters. The molecule has 1 aliphatic rings. The summed E-state index contributed by atoms with van der Waals surface area (Å²) in [6.07, 6.45) is 3.50. The van der Waals surface area contributed by atoms with E-state index in [1.165, 1.54) is 0 Å². The Bertz CT molecular complexity index is 260. The quantitative estimate of drug-likeness (QED) is 0.470. The van der Waals surface area contributed by atoms with Crippen molar-refractivity contribution in [1.29, 1.82) is 0 Å². The van der Waals surface area contributed by atoms with Crippen LogP contribution in [0.4, 0.5) is 0 Å². The summed E-state index contributed by atoms with van der Waals surface area (Å²) in [6, 6.07) is 0. The Labute approximate surface area is 78.3 Å². The summed E-state index contributed by atoms with van der Waals surface area (Å²) < 4.78 is 0. The first kappa shape index (κ1) is 9.39. The molecule has 4 heteroatoms. The van der Waals surface area contributed by atoms with Gasteiger partial charge in [0.1, 0.15) is 5.16 Å². The van der Waals surface area contributed by atoms with Crippen LogP contribution in [0.25, 0.3) is 0 Å². The van der Waals surface area contributed by atoms with E-state index in [1.807, 2.05) is 18.0 Å². The van der Waals surface area contributed by atoms with Crippen molar-refractivity contribution in [1.82, 2.24) is 4.90 Å². The summed E-state index contributed by atoms with van der Waals surface area (Å²) >= 11 is 5.82. The van der Waals surface area contributed by atoms with Crippen molar-refractivity contribution < 1.29 is 4.79 Å². The molecule has 0 spiro atoms. The summed E-state index contributed by atoms with van der Waals surface area (Å²) in [5, 5.41) is 0.578. The van der Waals surface area contributed by atoms with Crippen LogP contribution >= 0.6 is 11.6 Å². The van der Waals surface area contributed by atoms with Crippen molar-refractivity contribution in [2.45, 2.75) is 6.32 Å². The monoisotopic (exact) mass is 181 g/mol. The van der Waals surface area contributed by atoms with Crippen LogP contribution in [0.15, 0.2) is 22.9 Å². The highest BCUT2D eigenvalue weighted by Crippen LogP contribution is 2.17. The van der Waals surface area contributed by atoms with Crippen LogP contribution < -0.4 is 0 Å². The van der Waals surface area contributed by atoms with E-state index in [0.717, 1.165) is 0 Å². The highest BCUT2D eigenvalue weighted by Gasteiger charge is 2.11. The summed E-state index contributed by atoms with van der Waals surface area (Å²) in [6.45, 7) is 0.663. The Balaban J connectivity index is 2.78. The molecule has 1 aliphatic heterocycles. The summed E-state index contributed by atoms with van der Waals surface area (Å²) in [5.74, 6) is -0.0683. The summed E-state index contributed by atoms with van der Waals surface area (Å²) in [4.78, 5) is 12.9. The van der Waals surface area contributed by atoms with Gasteiger partial charge in [0, 0.05) is 19.2 Å². The van der Waals surface area contributed by atoms with Gasteiger partial charge in [-0.25, -0.2) is 0 Å². The van der Waals surface area contributed by atoms with Gasteiger partial charge in [-0.1, -0.05) is 17.7 Å². The normalized spacial score (nSPS) is 17.0. The molecule has 2 nitrogen and oxygen atoms in total. The third kappa shape index (κ3) is 1.92. The molecule has 0 bridgehead atoms. The number of rotatable bonds is 2. The van der Waals surface area contributed by atoms with Crippen molar-refractivity contribution >= 4 is 25.2 Å². The molecular formula is C8H9BClNO. The lowest BCUT2D eigenvalue weighted by atomic mass is 9.95. The number of Topliss-reactive ketones (excluding diaryl/α,β-unsaturated/α-hetero) is 1. The van der Waals surface area contributed by atoms with Gasteiger partial charge in [0.15, 0.2) is 5.78 Å².